The Morgan fingerprint density at radius 3 is 2.47 bits per heavy atom. The van der Waals surface area contributed by atoms with Gasteiger partial charge in [-0.1, -0.05) is 13.8 Å². The summed E-state index contributed by atoms with van der Waals surface area (Å²) >= 11 is 0. The van der Waals surface area contributed by atoms with Gasteiger partial charge in [-0.15, -0.1) is 0 Å². The molecular formula is C13H24N2O2. The number of hydrogen-bond donors (Lipinski definition) is 2. The van der Waals surface area contributed by atoms with Crippen LogP contribution in [-0.4, -0.2) is 30.7 Å². The smallest absolute Gasteiger partial charge is 0.240 e. The zero-order chi connectivity index (χ0) is 12.8. The molecule has 0 heterocycles. The molecule has 2 fully saturated rings. The Kier molecular flexibility index (Phi) is 2.99. The van der Waals surface area contributed by atoms with Gasteiger partial charge >= 0.3 is 0 Å². The van der Waals surface area contributed by atoms with E-state index in [-0.39, 0.29) is 23.5 Å². The van der Waals surface area contributed by atoms with E-state index in [1.807, 2.05) is 6.92 Å². The Hall–Kier alpha value is -0.610. The van der Waals surface area contributed by atoms with E-state index in [1.165, 1.54) is 0 Å². The van der Waals surface area contributed by atoms with Gasteiger partial charge in [0, 0.05) is 18.6 Å². The highest BCUT2D eigenvalue weighted by Gasteiger charge is 2.52. The maximum absolute atomic E-state index is 12.2. The molecule has 0 aromatic carbocycles. The molecule has 0 aliphatic heterocycles. The number of nitrogens with one attached hydrogen (secondary N) is 1. The van der Waals surface area contributed by atoms with Crippen LogP contribution >= 0.6 is 0 Å². The van der Waals surface area contributed by atoms with E-state index in [0.717, 1.165) is 19.3 Å². The summed E-state index contributed by atoms with van der Waals surface area (Å²) in [6.45, 7) is 6.10. The first kappa shape index (κ1) is 12.8. The predicted molar refractivity (Wildman–Crippen MR) is 66.4 cm³/mol. The molecule has 0 aromatic rings. The maximum Gasteiger partial charge on any atom is 0.240 e. The first-order valence-electron chi connectivity index (χ1n) is 6.42. The zero-order valence-electron chi connectivity index (χ0n) is 11.2. The molecule has 0 aromatic heterocycles. The fourth-order valence-corrected chi connectivity index (χ4v) is 2.71. The Balaban J connectivity index is 1.92. The second-order valence-corrected chi connectivity index (χ2v) is 6.36. The summed E-state index contributed by atoms with van der Waals surface area (Å²) in [6.07, 6.45) is 3.28. The highest BCUT2D eigenvalue weighted by molar-refractivity contribution is 5.86. The lowest BCUT2D eigenvalue weighted by Crippen LogP contribution is -2.66. The molecular weight excluding hydrogens is 216 g/mol. The van der Waals surface area contributed by atoms with Crippen LogP contribution in [0.1, 0.15) is 40.0 Å². The lowest BCUT2D eigenvalue weighted by Gasteiger charge is -2.51. The number of carbonyl (C=O) groups excluding carboxylic acids is 1. The molecule has 3 atom stereocenters. The van der Waals surface area contributed by atoms with Crippen LogP contribution < -0.4 is 11.1 Å². The molecule has 4 heteroatoms. The van der Waals surface area contributed by atoms with Crippen molar-refractivity contribution in [2.45, 2.75) is 57.7 Å². The van der Waals surface area contributed by atoms with Crippen molar-refractivity contribution in [1.82, 2.24) is 5.32 Å². The highest BCUT2D eigenvalue weighted by Crippen LogP contribution is 2.43. The van der Waals surface area contributed by atoms with Crippen molar-refractivity contribution in [3.05, 3.63) is 0 Å². The van der Waals surface area contributed by atoms with Gasteiger partial charge in [0.2, 0.25) is 5.91 Å². The minimum Gasteiger partial charge on any atom is -0.381 e. The fourth-order valence-electron chi connectivity index (χ4n) is 2.71. The number of methoxy groups -OCH3 is 1. The summed E-state index contributed by atoms with van der Waals surface area (Å²) in [5.74, 6) is 0.358. The Bertz CT molecular complexity index is 321. The molecule has 2 saturated carbocycles. The summed E-state index contributed by atoms with van der Waals surface area (Å²) in [4.78, 5) is 12.2. The number of ether oxygens (including phenoxy) is 1. The minimum atomic E-state index is -0.700. The average molecular weight is 240 g/mol. The normalized spacial score (nSPS) is 34.6. The standard InChI is InChI=1S/C13H24N2O2/c1-12(2)9(7-10(12)17-4)15-11(16)13(3,14)8-5-6-8/h8-10H,5-7,14H2,1-4H3,(H,15,16). The van der Waals surface area contributed by atoms with Crippen molar-refractivity contribution in [3.8, 4) is 0 Å². The summed E-state index contributed by atoms with van der Waals surface area (Å²) in [7, 11) is 1.72. The maximum atomic E-state index is 12.2. The van der Waals surface area contributed by atoms with Gasteiger partial charge in [-0.2, -0.15) is 0 Å². The van der Waals surface area contributed by atoms with E-state index in [9.17, 15) is 4.79 Å². The lowest BCUT2D eigenvalue weighted by molar-refractivity contribution is -0.137. The van der Waals surface area contributed by atoms with Gasteiger partial charge in [-0.3, -0.25) is 4.79 Å². The molecule has 2 rings (SSSR count). The number of amides is 1. The molecule has 3 N–H and O–H groups in total. The van der Waals surface area contributed by atoms with Crippen molar-refractivity contribution < 1.29 is 9.53 Å². The monoisotopic (exact) mass is 240 g/mol. The van der Waals surface area contributed by atoms with Gasteiger partial charge in [0.25, 0.3) is 0 Å². The van der Waals surface area contributed by atoms with Gasteiger partial charge in [0.05, 0.1) is 11.6 Å². The molecule has 0 bridgehead atoms. The molecule has 0 spiro atoms. The van der Waals surface area contributed by atoms with Crippen molar-refractivity contribution in [2.75, 3.05) is 7.11 Å². The number of hydrogen-bond acceptors (Lipinski definition) is 3. The topological polar surface area (TPSA) is 64.3 Å². The second-order valence-electron chi connectivity index (χ2n) is 6.36. The lowest BCUT2D eigenvalue weighted by atomic mass is 9.64. The third kappa shape index (κ3) is 2.08. The van der Waals surface area contributed by atoms with Crippen LogP contribution in [0.25, 0.3) is 0 Å². The Labute approximate surface area is 103 Å². The molecule has 0 saturated heterocycles. The van der Waals surface area contributed by atoms with E-state index < -0.39 is 5.54 Å². The molecule has 2 aliphatic carbocycles. The van der Waals surface area contributed by atoms with E-state index in [2.05, 4.69) is 19.2 Å². The number of rotatable bonds is 4. The average Bonchev–Trinajstić information content (AvgIpc) is 3.06. The van der Waals surface area contributed by atoms with Crippen molar-refractivity contribution >= 4 is 5.91 Å². The van der Waals surface area contributed by atoms with Crippen LogP contribution in [0, 0.1) is 11.3 Å². The molecule has 17 heavy (non-hydrogen) atoms. The van der Waals surface area contributed by atoms with Crippen molar-refractivity contribution in [3.63, 3.8) is 0 Å². The number of carbonyl (C=O) groups is 1. The van der Waals surface area contributed by atoms with Gasteiger partial charge < -0.3 is 15.8 Å². The second kappa shape index (κ2) is 3.95. The van der Waals surface area contributed by atoms with Crippen LogP contribution in [0.15, 0.2) is 0 Å². The summed E-state index contributed by atoms with van der Waals surface area (Å²) in [6, 6.07) is 0.182. The number of nitrogens with two attached hydrogens (primary N) is 1. The molecule has 0 radical (unpaired) electrons. The molecule has 3 unspecified atom stereocenters. The van der Waals surface area contributed by atoms with Crippen LogP contribution in [0.4, 0.5) is 0 Å². The molecule has 4 nitrogen and oxygen atoms in total. The van der Waals surface area contributed by atoms with E-state index in [4.69, 9.17) is 10.5 Å². The molecule has 2 aliphatic rings. The highest BCUT2D eigenvalue weighted by atomic mass is 16.5. The summed E-state index contributed by atoms with van der Waals surface area (Å²) in [5.41, 5.74) is 5.41. The predicted octanol–water partition coefficient (Wildman–Crippen LogP) is 1.04. The fraction of sp³-hybridized carbons (Fsp3) is 0.923. The van der Waals surface area contributed by atoms with Crippen LogP contribution in [0.3, 0.4) is 0 Å². The molecule has 98 valence electrons. The molecule has 1 amide bonds. The largest absolute Gasteiger partial charge is 0.381 e. The third-order valence-corrected chi connectivity index (χ3v) is 4.68. The van der Waals surface area contributed by atoms with E-state index in [0.29, 0.717) is 5.92 Å². The van der Waals surface area contributed by atoms with Gasteiger partial charge in [-0.05, 0) is 32.1 Å². The van der Waals surface area contributed by atoms with Crippen molar-refractivity contribution in [1.29, 1.82) is 0 Å². The first-order valence-corrected chi connectivity index (χ1v) is 6.42. The SMILES string of the molecule is COC1CC(NC(=O)C(C)(N)C2CC2)C1(C)C. The van der Waals surface area contributed by atoms with Crippen LogP contribution in [0.2, 0.25) is 0 Å². The minimum absolute atomic E-state index is 0.00401. The summed E-state index contributed by atoms with van der Waals surface area (Å²) < 4.78 is 5.38. The van der Waals surface area contributed by atoms with E-state index in [1.54, 1.807) is 7.11 Å². The first-order chi connectivity index (χ1) is 7.80. The van der Waals surface area contributed by atoms with Gasteiger partial charge in [0.1, 0.15) is 0 Å². The van der Waals surface area contributed by atoms with Gasteiger partial charge in [-0.25, -0.2) is 0 Å². The van der Waals surface area contributed by atoms with Gasteiger partial charge in [0.15, 0.2) is 0 Å². The third-order valence-electron chi connectivity index (χ3n) is 4.68. The summed E-state index contributed by atoms with van der Waals surface area (Å²) in [5, 5.41) is 3.09. The van der Waals surface area contributed by atoms with Crippen molar-refractivity contribution in [2.24, 2.45) is 17.1 Å². The Morgan fingerprint density at radius 1 is 1.47 bits per heavy atom. The van der Waals surface area contributed by atoms with E-state index >= 15 is 0 Å². The van der Waals surface area contributed by atoms with Crippen LogP contribution in [-0.2, 0) is 9.53 Å². The zero-order valence-corrected chi connectivity index (χ0v) is 11.2. The Morgan fingerprint density at radius 2 is 2.06 bits per heavy atom. The quantitative estimate of drug-likeness (QED) is 0.772. The van der Waals surface area contributed by atoms with Crippen LogP contribution in [0.5, 0.6) is 0 Å².